The average molecular weight is 276 g/mol. The van der Waals surface area contributed by atoms with Crippen LogP contribution in [0.3, 0.4) is 0 Å². The van der Waals surface area contributed by atoms with Crippen LogP contribution in [0.4, 0.5) is 0 Å². The topological polar surface area (TPSA) is 49.4 Å². The average Bonchev–Trinajstić information content (AvgIpc) is 2.74. The lowest BCUT2D eigenvalue weighted by atomic mass is 10.4. The van der Waals surface area contributed by atoms with Gasteiger partial charge in [0.15, 0.2) is 0 Å². The molecule has 98 valence electrons. The summed E-state index contributed by atoms with van der Waals surface area (Å²) >= 11 is 1.48. The van der Waals surface area contributed by atoms with E-state index in [1.165, 1.54) is 15.6 Å². The quantitative estimate of drug-likeness (QED) is 0.863. The molecule has 0 aromatic carbocycles. The third-order valence-corrected chi connectivity index (χ3v) is 5.68. The number of thiophene rings is 1. The van der Waals surface area contributed by atoms with Gasteiger partial charge in [-0.2, -0.15) is 4.31 Å². The first-order chi connectivity index (χ1) is 7.89. The molecule has 1 aromatic heterocycles. The van der Waals surface area contributed by atoms with Gasteiger partial charge >= 0.3 is 0 Å². The van der Waals surface area contributed by atoms with E-state index in [2.05, 4.69) is 5.32 Å². The van der Waals surface area contributed by atoms with Crippen LogP contribution in [0.15, 0.2) is 16.3 Å². The van der Waals surface area contributed by atoms with Gasteiger partial charge in [-0.3, -0.25) is 0 Å². The Morgan fingerprint density at radius 2 is 2.12 bits per heavy atom. The molecular formula is C11H20N2O2S2. The first-order valence-electron chi connectivity index (χ1n) is 5.65. The molecular weight excluding hydrogens is 256 g/mol. The van der Waals surface area contributed by atoms with Gasteiger partial charge in [-0.25, -0.2) is 8.42 Å². The third-order valence-electron chi connectivity index (χ3n) is 2.58. The summed E-state index contributed by atoms with van der Waals surface area (Å²) in [6.07, 6.45) is 0. The molecule has 0 bridgehead atoms. The van der Waals surface area contributed by atoms with Crippen molar-refractivity contribution in [3.63, 3.8) is 0 Å². The van der Waals surface area contributed by atoms with Crippen LogP contribution >= 0.6 is 11.3 Å². The fourth-order valence-corrected chi connectivity index (χ4v) is 3.88. The van der Waals surface area contributed by atoms with Crippen molar-refractivity contribution in [2.24, 2.45) is 0 Å². The standard InChI is InChI=1S/C11H20N2O2S2/c1-5-12-7-10-6-11(8-16-10)17(14,15)13(4)9(2)3/h6,8-9,12H,5,7H2,1-4H3. The minimum absolute atomic E-state index is 0.0304. The Kier molecular flexibility index (Phi) is 5.12. The number of nitrogens with one attached hydrogen (secondary N) is 1. The van der Waals surface area contributed by atoms with Gasteiger partial charge < -0.3 is 5.32 Å². The van der Waals surface area contributed by atoms with Crippen LogP contribution in [0.25, 0.3) is 0 Å². The summed E-state index contributed by atoms with van der Waals surface area (Å²) in [4.78, 5) is 1.44. The van der Waals surface area contributed by atoms with Crippen molar-refractivity contribution in [1.82, 2.24) is 9.62 Å². The van der Waals surface area contributed by atoms with E-state index in [1.54, 1.807) is 18.5 Å². The van der Waals surface area contributed by atoms with E-state index in [1.807, 2.05) is 20.8 Å². The molecule has 1 N–H and O–H groups in total. The van der Waals surface area contributed by atoms with Gasteiger partial charge in [-0.15, -0.1) is 11.3 Å². The van der Waals surface area contributed by atoms with Crippen LogP contribution in [0, 0.1) is 0 Å². The number of nitrogens with zero attached hydrogens (tertiary/aromatic N) is 1. The molecule has 17 heavy (non-hydrogen) atoms. The Balaban J connectivity index is 2.89. The molecule has 1 aromatic rings. The number of hydrogen-bond acceptors (Lipinski definition) is 4. The number of sulfonamides is 1. The Morgan fingerprint density at radius 1 is 1.47 bits per heavy atom. The Hall–Kier alpha value is -0.430. The maximum absolute atomic E-state index is 12.2. The highest BCUT2D eigenvalue weighted by Gasteiger charge is 2.24. The Morgan fingerprint density at radius 3 is 2.65 bits per heavy atom. The second kappa shape index (κ2) is 5.95. The summed E-state index contributed by atoms with van der Waals surface area (Å²) in [7, 11) is -1.71. The molecule has 6 heteroatoms. The predicted octanol–water partition coefficient (Wildman–Crippen LogP) is 1.89. The maximum atomic E-state index is 12.2. The van der Waals surface area contributed by atoms with E-state index in [4.69, 9.17) is 0 Å². The van der Waals surface area contributed by atoms with E-state index in [0.717, 1.165) is 18.0 Å². The maximum Gasteiger partial charge on any atom is 0.243 e. The third kappa shape index (κ3) is 3.51. The lowest BCUT2D eigenvalue weighted by Gasteiger charge is -2.19. The molecule has 1 heterocycles. The molecule has 0 aliphatic rings. The van der Waals surface area contributed by atoms with Crippen molar-refractivity contribution in [3.05, 3.63) is 16.3 Å². The van der Waals surface area contributed by atoms with Crippen LogP contribution in [-0.4, -0.2) is 32.4 Å². The molecule has 0 spiro atoms. The summed E-state index contributed by atoms with van der Waals surface area (Å²) < 4.78 is 25.7. The summed E-state index contributed by atoms with van der Waals surface area (Å²) in [6, 6.07) is 1.72. The molecule has 0 aliphatic carbocycles. The van der Waals surface area contributed by atoms with Gasteiger partial charge in [0, 0.05) is 29.9 Å². The molecule has 0 atom stereocenters. The number of hydrogen-bond donors (Lipinski definition) is 1. The zero-order chi connectivity index (χ0) is 13.1. The smallest absolute Gasteiger partial charge is 0.243 e. The molecule has 0 fully saturated rings. The predicted molar refractivity (Wildman–Crippen MR) is 71.8 cm³/mol. The van der Waals surface area contributed by atoms with Crippen LogP contribution in [0.1, 0.15) is 25.6 Å². The van der Waals surface area contributed by atoms with Gasteiger partial charge in [-0.05, 0) is 26.5 Å². The van der Waals surface area contributed by atoms with Crippen molar-refractivity contribution in [1.29, 1.82) is 0 Å². The van der Waals surface area contributed by atoms with Crippen molar-refractivity contribution in [3.8, 4) is 0 Å². The SMILES string of the molecule is CCNCc1cc(S(=O)(=O)N(C)C(C)C)cs1. The van der Waals surface area contributed by atoms with Gasteiger partial charge in [-0.1, -0.05) is 6.92 Å². The lowest BCUT2D eigenvalue weighted by Crippen LogP contribution is -2.32. The van der Waals surface area contributed by atoms with Crippen molar-refractivity contribution < 1.29 is 8.42 Å². The van der Waals surface area contributed by atoms with Crippen LogP contribution < -0.4 is 5.32 Å². The summed E-state index contributed by atoms with van der Waals surface area (Å²) in [5, 5.41) is 4.89. The normalized spacial score (nSPS) is 12.6. The van der Waals surface area contributed by atoms with Crippen LogP contribution in [0.5, 0.6) is 0 Å². The number of rotatable bonds is 6. The summed E-state index contributed by atoms with van der Waals surface area (Å²) in [5.41, 5.74) is 0. The molecule has 0 amide bonds. The molecule has 4 nitrogen and oxygen atoms in total. The van der Waals surface area contributed by atoms with Gasteiger partial charge in [0.1, 0.15) is 0 Å². The zero-order valence-corrected chi connectivity index (χ0v) is 12.4. The fraction of sp³-hybridized carbons (Fsp3) is 0.636. The highest BCUT2D eigenvalue weighted by Crippen LogP contribution is 2.22. The van der Waals surface area contributed by atoms with Gasteiger partial charge in [0.2, 0.25) is 10.0 Å². The van der Waals surface area contributed by atoms with Gasteiger partial charge in [0.05, 0.1) is 4.90 Å². The summed E-state index contributed by atoms with van der Waals surface area (Å²) in [6.45, 7) is 7.36. The fourth-order valence-electron chi connectivity index (χ4n) is 1.28. The minimum atomic E-state index is -3.33. The molecule has 1 rings (SSSR count). The minimum Gasteiger partial charge on any atom is -0.312 e. The van der Waals surface area contributed by atoms with E-state index >= 15 is 0 Å². The zero-order valence-electron chi connectivity index (χ0n) is 10.7. The molecule has 0 saturated heterocycles. The molecule has 0 aliphatic heterocycles. The van der Waals surface area contributed by atoms with E-state index < -0.39 is 10.0 Å². The van der Waals surface area contributed by atoms with Crippen molar-refractivity contribution in [2.45, 2.75) is 38.3 Å². The monoisotopic (exact) mass is 276 g/mol. The first kappa shape index (κ1) is 14.6. The van der Waals surface area contributed by atoms with Crippen LogP contribution in [-0.2, 0) is 16.6 Å². The van der Waals surface area contributed by atoms with Gasteiger partial charge in [0.25, 0.3) is 0 Å². The lowest BCUT2D eigenvalue weighted by molar-refractivity contribution is 0.411. The van der Waals surface area contributed by atoms with Crippen molar-refractivity contribution in [2.75, 3.05) is 13.6 Å². The Bertz CT molecular complexity index is 452. The van der Waals surface area contributed by atoms with Crippen molar-refractivity contribution >= 4 is 21.4 Å². The second-order valence-corrected chi connectivity index (χ2v) is 7.14. The highest BCUT2D eigenvalue weighted by atomic mass is 32.2. The molecule has 0 saturated carbocycles. The highest BCUT2D eigenvalue weighted by molar-refractivity contribution is 7.89. The van der Waals surface area contributed by atoms with Crippen LogP contribution in [0.2, 0.25) is 0 Å². The van der Waals surface area contributed by atoms with E-state index in [9.17, 15) is 8.42 Å². The molecule has 0 radical (unpaired) electrons. The summed E-state index contributed by atoms with van der Waals surface area (Å²) in [5.74, 6) is 0. The largest absolute Gasteiger partial charge is 0.312 e. The first-order valence-corrected chi connectivity index (χ1v) is 7.97. The molecule has 0 unspecified atom stereocenters. The Labute approximate surface area is 108 Å². The van der Waals surface area contributed by atoms with E-state index in [-0.39, 0.29) is 6.04 Å². The van der Waals surface area contributed by atoms with E-state index in [0.29, 0.717) is 4.90 Å². The second-order valence-electron chi connectivity index (χ2n) is 4.14.